The Bertz CT molecular complexity index is 1800. The standard InChI is InChI=1S/C29H25N5O5S/c1-19-12-26(34(2)32-19)29(38)31-24-8-4-6-20(14-24)10-11-22-13-23(18-30-17-22)28(37)33-40(3,39)25-9-5-7-21(15-25)16-27(35)36/h4-9,12-15,17-18H,3,16H2,1-2H3,(H,31,38)(H,35,36)(H,33,37,39). The molecular weight excluding hydrogens is 530 g/mol. The highest BCUT2D eigenvalue weighted by Gasteiger charge is 2.16. The molecule has 4 aromatic rings. The quantitative estimate of drug-likeness (QED) is 0.235. The van der Waals surface area contributed by atoms with Crippen LogP contribution in [0.1, 0.15) is 43.2 Å². The molecule has 0 saturated heterocycles. The van der Waals surface area contributed by atoms with Gasteiger partial charge in [0.2, 0.25) is 0 Å². The van der Waals surface area contributed by atoms with Crippen LogP contribution in [0.15, 0.2) is 78.0 Å². The molecule has 0 saturated carbocycles. The van der Waals surface area contributed by atoms with Crippen LogP contribution in [0.2, 0.25) is 0 Å². The summed E-state index contributed by atoms with van der Waals surface area (Å²) in [7, 11) is -1.57. The number of carbonyl (C=O) groups excluding carboxylic acids is 2. The average molecular weight is 556 g/mol. The Morgan fingerprint density at radius 2 is 1.75 bits per heavy atom. The third-order valence-corrected chi connectivity index (χ3v) is 7.13. The maximum absolute atomic E-state index is 13.2. The number of nitrogens with one attached hydrogen (secondary N) is 2. The maximum atomic E-state index is 13.2. The van der Waals surface area contributed by atoms with E-state index in [0.29, 0.717) is 28.1 Å². The van der Waals surface area contributed by atoms with Crippen molar-refractivity contribution < 1.29 is 23.7 Å². The first-order chi connectivity index (χ1) is 19.0. The molecule has 0 radical (unpaired) electrons. The molecule has 0 bridgehead atoms. The van der Waals surface area contributed by atoms with Crippen LogP contribution in [-0.4, -0.2) is 47.7 Å². The number of nitrogens with zero attached hydrogens (tertiary/aromatic N) is 3. The Morgan fingerprint density at radius 1 is 1.00 bits per heavy atom. The average Bonchev–Trinajstić information content (AvgIpc) is 3.25. The molecular formula is C29H25N5O5S. The number of carboxylic acids is 1. The van der Waals surface area contributed by atoms with E-state index in [-0.39, 0.29) is 22.8 Å². The van der Waals surface area contributed by atoms with Crippen LogP contribution in [0.25, 0.3) is 0 Å². The summed E-state index contributed by atoms with van der Waals surface area (Å²) in [6.07, 6.45) is 2.55. The number of amides is 2. The zero-order valence-electron chi connectivity index (χ0n) is 21.7. The number of anilines is 1. The van der Waals surface area contributed by atoms with E-state index < -0.39 is 21.6 Å². The van der Waals surface area contributed by atoms with E-state index in [1.54, 1.807) is 56.4 Å². The van der Waals surface area contributed by atoms with Crippen LogP contribution in [0.5, 0.6) is 0 Å². The number of benzene rings is 2. The molecule has 2 amide bonds. The normalized spacial score (nSPS) is 11.9. The molecule has 1 unspecified atom stereocenters. The lowest BCUT2D eigenvalue weighted by Gasteiger charge is -2.12. The van der Waals surface area contributed by atoms with Gasteiger partial charge < -0.3 is 10.4 Å². The number of hydrogen-bond donors (Lipinski definition) is 3. The number of carboxylic acid groups (broad SMARTS) is 1. The number of pyridine rings is 1. The molecule has 0 aliphatic heterocycles. The van der Waals surface area contributed by atoms with Crippen LogP contribution in [0.3, 0.4) is 0 Å². The molecule has 0 aliphatic rings. The van der Waals surface area contributed by atoms with Gasteiger partial charge in [0.25, 0.3) is 11.8 Å². The molecule has 4 rings (SSSR count). The molecule has 0 fully saturated rings. The van der Waals surface area contributed by atoms with Gasteiger partial charge in [-0.15, -0.1) is 0 Å². The number of aryl methyl sites for hydroxylation is 2. The van der Waals surface area contributed by atoms with E-state index in [0.717, 1.165) is 5.69 Å². The summed E-state index contributed by atoms with van der Waals surface area (Å²) in [4.78, 5) is 40.7. The van der Waals surface area contributed by atoms with Crippen LogP contribution < -0.4 is 10.0 Å². The smallest absolute Gasteiger partial charge is 0.307 e. The van der Waals surface area contributed by atoms with Gasteiger partial charge in [0.05, 0.1) is 27.4 Å². The Labute approximate surface area is 231 Å². The SMILES string of the molecule is C=S(=O)(NC(=O)c1cncc(C#Cc2cccc(NC(=O)c3cc(C)nn3C)c2)c1)c1cccc(CC(=O)O)c1. The van der Waals surface area contributed by atoms with Crippen molar-refractivity contribution in [2.75, 3.05) is 5.32 Å². The first-order valence-electron chi connectivity index (χ1n) is 11.9. The Balaban J connectivity index is 1.47. The fourth-order valence-corrected chi connectivity index (χ4v) is 4.95. The van der Waals surface area contributed by atoms with E-state index >= 15 is 0 Å². The zero-order valence-corrected chi connectivity index (χ0v) is 22.5. The van der Waals surface area contributed by atoms with Crippen molar-refractivity contribution in [3.8, 4) is 11.8 Å². The van der Waals surface area contributed by atoms with Crippen molar-refractivity contribution >= 4 is 39.0 Å². The van der Waals surface area contributed by atoms with Gasteiger partial charge >= 0.3 is 5.97 Å². The third-order valence-electron chi connectivity index (χ3n) is 5.60. The second-order valence-electron chi connectivity index (χ2n) is 8.87. The molecule has 2 heterocycles. The van der Waals surface area contributed by atoms with Gasteiger partial charge in [-0.3, -0.25) is 28.8 Å². The first kappa shape index (κ1) is 27.8. The van der Waals surface area contributed by atoms with E-state index in [9.17, 15) is 18.6 Å². The number of carbonyl (C=O) groups is 3. The lowest BCUT2D eigenvalue weighted by Crippen LogP contribution is -2.30. The molecule has 2 aromatic carbocycles. The fraction of sp³-hybridized carbons (Fsp3) is 0.103. The van der Waals surface area contributed by atoms with Crippen molar-refractivity contribution in [3.63, 3.8) is 0 Å². The fourth-order valence-electron chi connectivity index (χ4n) is 3.77. The van der Waals surface area contributed by atoms with Gasteiger partial charge in [-0.2, -0.15) is 5.10 Å². The van der Waals surface area contributed by atoms with Crippen molar-refractivity contribution in [3.05, 3.63) is 107 Å². The lowest BCUT2D eigenvalue weighted by molar-refractivity contribution is -0.136. The number of aliphatic carboxylic acids is 1. The molecule has 0 aliphatic carbocycles. The number of rotatable bonds is 7. The largest absolute Gasteiger partial charge is 0.481 e. The molecule has 1 atom stereocenters. The summed E-state index contributed by atoms with van der Waals surface area (Å²) >= 11 is 0. The number of hydrogen-bond acceptors (Lipinski definition) is 6. The summed E-state index contributed by atoms with van der Waals surface area (Å²) in [5, 5.41) is 16.0. The minimum Gasteiger partial charge on any atom is -0.481 e. The summed E-state index contributed by atoms with van der Waals surface area (Å²) in [5.74, 6) is 7.57. The van der Waals surface area contributed by atoms with Crippen molar-refractivity contribution in [1.29, 1.82) is 0 Å². The molecule has 11 heteroatoms. The molecule has 10 nitrogen and oxygen atoms in total. The number of aromatic nitrogens is 3. The molecule has 202 valence electrons. The minimum atomic E-state index is -3.27. The lowest BCUT2D eigenvalue weighted by atomic mass is 10.1. The second kappa shape index (κ2) is 11.7. The van der Waals surface area contributed by atoms with Gasteiger partial charge in [-0.05, 0) is 60.8 Å². The van der Waals surface area contributed by atoms with Gasteiger partial charge in [-0.25, -0.2) is 4.21 Å². The maximum Gasteiger partial charge on any atom is 0.307 e. The molecule has 40 heavy (non-hydrogen) atoms. The minimum absolute atomic E-state index is 0.123. The predicted molar refractivity (Wildman–Crippen MR) is 151 cm³/mol. The van der Waals surface area contributed by atoms with Crippen molar-refractivity contribution in [2.45, 2.75) is 18.2 Å². The van der Waals surface area contributed by atoms with Gasteiger partial charge in [0, 0.05) is 41.2 Å². The predicted octanol–water partition coefficient (Wildman–Crippen LogP) is 2.82. The van der Waals surface area contributed by atoms with E-state index in [1.165, 1.54) is 35.3 Å². The highest BCUT2D eigenvalue weighted by molar-refractivity contribution is 7.99. The summed E-state index contributed by atoms with van der Waals surface area (Å²) in [5.41, 5.74) is 3.33. The van der Waals surface area contributed by atoms with Gasteiger partial charge in [0.15, 0.2) is 0 Å². The highest BCUT2D eigenvalue weighted by atomic mass is 32.2. The van der Waals surface area contributed by atoms with Crippen LogP contribution >= 0.6 is 0 Å². The summed E-state index contributed by atoms with van der Waals surface area (Å²) < 4.78 is 17.1. The third kappa shape index (κ3) is 7.00. The molecule has 0 spiro atoms. The van der Waals surface area contributed by atoms with E-state index in [2.05, 4.69) is 37.8 Å². The molecule has 3 N–H and O–H groups in total. The Hall–Kier alpha value is -5.21. The first-order valence-corrected chi connectivity index (χ1v) is 13.6. The Morgan fingerprint density at radius 3 is 2.48 bits per heavy atom. The van der Waals surface area contributed by atoms with Crippen molar-refractivity contribution in [2.24, 2.45) is 7.05 Å². The monoisotopic (exact) mass is 555 g/mol. The van der Waals surface area contributed by atoms with Gasteiger partial charge in [-0.1, -0.05) is 30.0 Å². The van der Waals surface area contributed by atoms with Crippen molar-refractivity contribution in [1.82, 2.24) is 19.5 Å². The Kier molecular flexibility index (Phi) is 8.12. The van der Waals surface area contributed by atoms with E-state index in [1.807, 2.05) is 0 Å². The van der Waals surface area contributed by atoms with Crippen LogP contribution in [-0.2, 0) is 28.0 Å². The zero-order chi connectivity index (χ0) is 28.9. The summed E-state index contributed by atoms with van der Waals surface area (Å²) in [6, 6.07) is 16.3. The highest BCUT2D eigenvalue weighted by Crippen LogP contribution is 2.15. The molecule has 2 aromatic heterocycles. The van der Waals surface area contributed by atoms with Crippen LogP contribution in [0.4, 0.5) is 5.69 Å². The second-order valence-corrected chi connectivity index (χ2v) is 10.9. The van der Waals surface area contributed by atoms with Crippen LogP contribution in [0, 0.1) is 18.8 Å². The van der Waals surface area contributed by atoms with Gasteiger partial charge in [0.1, 0.15) is 5.69 Å². The van der Waals surface area contributed by atoms with E-state index in [4.69, 9.17) is 5.11 Å². The summed E-state index contributed by atoms with van der Waals surface area (Å²) in [6.45, 7) is 1.81. The topological polar surface area (TPSA) is 143 Å².